The van der Waals surface area contributed by atoms with E-state index in [2.05, 4.69) is 11.9 Å². The van der Waals surface area contributed by atoms with Crippen LogP contribution in [-0.4, -0.2) is 24.5 Å². The third-order valence-corrected chi connectivity index (χ3v) is 3.07. The van der Waals surface area contributed by atoms with Crippen molar-refractivity contribution in [3.63, 3.8) is 0 Å². The predicted molar refractivity (Wildman–Crippen MR) is 59.0 cm³/mol. The van der Waals surface area contributed by atoms with Crippen LogP contribution in [0.3, 0.4) is 0 Å². The highest BCUT2D eigenvalue weighted by atomic mass is 19.1. The first-order chi connectivity index (χ1) is 7.22. The molecule has 0 bridgehead atoms. The molecule has 2 nitrogen and oxygen atoms in total. The number of hydrogen-bond donors (Lipinski definition) is 1. The summed E-state index contributed by atoms with van der Waals surface area (Å²) in [6.07, 6.45) is 2.48. The SMILES string of the molecule is CN(C1CC1)C(CN)c1cccc(F)c1. The molecule has 0 radical (unpaired) electrons. The van der Waals surface area contributed by atoms with Gasteiger partial charge in [0.15, 0.2) is 0 Å². The Morgan fingerprint density at radius 2 is 2.27 bits per heavy atom. The van der Waals surface area contributed by atoms with Gasteiger partial charge in [0.05, 0.1) is 0 Å². The van der Waals surface area contributed by atoms with E-state index < -0.39 is 0 Å². The summed E-state index contributed by atoms with van der Waals surface area (Å²) in [4.78, 5) is 2.26. The highest BCUT2D eigenvalue weighted by molar-refractivity contribution is 5.21. The molecule has 1 aliphatic rings. The van der Waals surface area contributed by atoms with Crippen LogP contribution in [0.4, 0.5) is 4.39 Å². The number of rotatable bonds is 4. The molecule has 1 aromatic rings. The minimum atomic E-state index is -0.185. The Kier molecular flexibility index (Phi) is 3.03. The van der Waals surface area contributed by atoms with Crippen LogP contribution in [0.2, 0.25) is 0 Å². The molecule has 2 N–H and O–H groups in total. The fraction of sp³-hybridized carbons (Fsp3) is 0.500. The summed E-state index contributed by atoms with van der Waals surface area (Å²) in [5.41, 5.74) is 6.74. The van der Waals surface area contributed by atoms with Gasteiger partial charge in [0.1, 0.15) is 5.82 Å². The van der Waals surface area contributed by atoms with Gasteiger partial charge in [-0.2, -0.15) is 0 Å². The molecule has 1 fully saturated rings. The van der Waals surface area contributed by atoms with E-state index in [1.807, 2.05) is 6.07 Å². The lowest BCUT2D eigenvalue weighted by molar-refractivity contribution is 0.239. The average molecular weight is 208 g/mol. The zero-order valence-corrected chi connectivity index (χ0v) is 8.99. The number of nitrogens with two attached hydrogens (primary N) is 1. The van der Waals surface area contributed by atoms with Gasteiger partial charge in [-0.25, -0.2) is 4.39 Å². The molecule has 0 heterocycles. The predicted octanol–water partition coefficient (Wildman–Crippen LogP) is 1.92. The summed E-state index contributed by atoms with van der Waals surface area (Å²) >= 11 is 0. The first-order valence-electron chi connectivity index (χ1n) is 5.40. The maximum atomic E-state index is 13.1. The van der Waals surface area contributed by atoms with Crippen molar-refractivity contribution in [2.75, 3.05) is 13.6 Å². The molecule has 15 heavy (non-hydrogen) atoms. The van der Waals surface area contributed by atoms with Gasteiger partial charge in [0, 0.05) is 18.6 Å². The summed E-state index contributed by atoms with van der Waals surface area (Å²) in [7, 11) is 2.07. The summed E-state index contributed by atoms with van der Waals surface area (Å²) in [6, 6.07) is 7.52. The van der Waals surface area contributed by atoms with Crippen LogP contribution in [0, 0.1) is 5.82 Å². The van der Waals surface area contributed by atoms with Gasteiger partial charge in [-0.3, -0.25) is 4.90 Å². The minimum absolute atomic E-state index is 0.146. The molecular formula is C12H17FN2. The van der Waals surface area contributed by atoms with Crippen molar-refractivity contribution in [1.82, 2.24) is 4.90 Å². The van der Waals surface area contributed by atoms with Gasteiger partial charge in [0.2, 0.25) is 0 Å². The van der Waals surface area contributed by atoms with Gasteiger partial charge in [-0.1, -0.05) is 12.1 Å². The molecule has 1 aromatic carbocycles. The van der Waals surface area contributed by atoms with Crippen LogP contribution in [-0.2, 0) is 0 Å². The van der Waals surface area contributed by atoms with Gasteiger partial charge >= 0.3 is 0 Å². The smallest absolute Gasteiger partial charge is 0.123 e. The van der Waals surface area contributed by atoms with Gasteiger partial charge in [-0.05, 0) is 37.6 Å². The Labute approximate surface area is 89.9 Å². The highest BCUT2D eigenvalue weighted by Crippen LogP contribution is 2.32. The van der Waals surface area contributed by atoms with Gasteiger partial charge in [-0.15, -0.1) is 0 Å². The van der Waals surface area contributed by atoms with E-state index in [-0.39, 0.29) is 11.9 Å². The van der Waals surface area contributed by atoms with E-state index >= 15 is 0 Å². The summed E-state index contributed by atoms with van der Waals surface area (Å²) in [5, 5.41) is 0. The van der Waals surface area contributed by atoms with Gasteiger partial charge in [0.25, 0.3) is 0 Å². The van der Waals surface area contributed by atoms with Crippen LogP contribution in [0.15, 0.2) is 24.3 Å². The largest absolute Gasteiger partial charge is 0.329 e. The second-order valence-corrected chi connectivity index (χ2v) is 4.20. The normalized spacial score (nSPS) is 18.1. The van der Waals surface area contributed by atoms with Crippen molar-refractivity contribution in [2.24, 2.45) is 5.73 Å². The lowest BCUT2D eigenvalue weighted by Gasteiger charge is -2.27. The van der Waals surface area contributed by atoms with E-state index in [4.69, 9.17) is 5.73 Å². The van der Waals surface area contributed by atoms with Crippen molar-refractivity contribution < 1.29 is 4.39 Å². The number of likely N-dealkylation sites (N-methyl/N-ethyl adjacent to an activating group) is 1. The van der Waals surface area contributed by atoms with E-state index in [1.54, 1.807) is 12.1 Å². The minimum Gasteiger partial charge on any atom is -0.329 e. The fourth-order valence-corrected chi connectivity index (χ4v) is 1.99. The molecule has 0 amide bonds. The van der Waals surface area contributed by atoms with Gasteiger partial charge < -0.3 is 5.73 Å². The van der Waals surface area contributed by atoms with Crippen LogP contribution in [0.5, 0.6) is 0 Å². The summed E-state index contributed by atoms with van der Waals surface area (Å²) < 4.78 is 13.1. The second kappa shape index (κ2) is 4.29. The lowest BCUT2D eigenvalue weighted by atomic mass is 10.1. The molecule has 0 aromatic heterocycles. The standard InChI is InChI=1S/C12H17FN2/c1-15(11-5-6-11)12(8-14)9-3-2-4-10(13)7-9/h2-4,7,11-12H,5-6,8,14H2,1H3. The van der Waals surface area contributed by atoms with E-state index in [0.717, 1.165) is 5.56 Å². The number of benzene rings is 1. The highest BCUT2D eigenvalue weighted by Gasteiger charge is 2.31. The zero-order chi connectivity index (χ0) is 10.8. The van der Waals surface area contributed by atoms with Crippen LogP contribution in [0.1, 0.15) is 24.4 Å². The number of hydrogen-bond acceptors (Lipinski definition) is 2. The Morgan fingerprint density at radius 1 is 1.53 bits per heavy atom. The monoisotopic (exact) mass is 208 g/mol. The molecule has 1 atom stereocenters. The van der Waals surface area contributed by atoms with Crippen molar-refractivity contribution in [3.8, 4) is 0 Å². The second-order valence-electron chi connectivity index (χ2n) is 4.20. The maximum Gasteiger partial charge on any atom is 0.123 e. The quantitative estimate of drug-likeness (QED) is 0.819. The van der Waals surface area contributed by atoms with E-state index in [9.17, 15) is 4.39 Å². The topological polar surface area (TPSA) is 29.3 Å². The molecule has 3 heteroatoms. The Bertz CT molecular complexity index is 336. The Hall–Kier alpha value is -0.930. The molecule has 1 saturated carbocycles. The molecular weight excluding hydrogens is 191 g/mol. The molecule has 1 unspecified atom stereocenters. The molecule has 1 aliphatic carbocycles. The van der Waals surface area contributed by atoms with Crippen molar-refractivity contribution in [1.29, 1.82) is 0 Å². The van der Waals surface area contributed by atoms with E-state index in [1.165, 1.54) is 18.9 Å². The van der Waals surface area contributed by atoms with E-state index in [0.29, 0.717) is 12.6 Å². The van der Waals surface area contributed by atoms with Crippen LogP contribution in [0.25, 0.3) is 0 Å². The maximum absolute atomic E-state index is 13.1. The van der Waals surface area contributed by atoms with Crippen LogP contribution >= 0.6 is 0 Å². The average Bonchev–Trinajstić information content (AvgIpc) is 3.02. The third-order valence-electron chi connectivity index (χ3n) is 3.07. The Morgan fingerprint density at radius 3 is 2.80 bits per heavy atom. The third kappa shape index (κ3) is 2.36. The molecule has 82 valence electrons. The summed E-state index contributed by atoms with van der Waals surface area (Å²) in [5.74, 6) is -0.185. The van der Waals surface area contributed by atoms with Crippen molar-refractivity contribution >= 4 is 0 Å². The number of halogens is 1. The zero-order valence-electron chi connectivity index (χ0n) is 8.99. The first-order valence-corrected chi connectivity index (χ1v) is 5.40. The van der Waals surface area contributed by atoms with Crippen LogP contribution < -0.4 is 5.73 Å². The van der Waals surface area contributed by atoms with Crippen molar-refractivity contribution in [3.05, 3.63) is 35.6 Å². The molecule has 2 rings (SSSR count). The summed E-state index contributed by atoms with van der Waals surface area (Å²) in [6.45, 7) is 0.538. The molecule has 0 spiro atoms. The Balaban J connectivity index is 2.17. The molecule has 0 aliphatic heterocycles. The number of nitrogens with zero attached hydrogens (tertiary/aromatic N) is 1. The molecule has 0 saturated heterocycles. The lowest BCUT2D eigenvalue weighted by Crippen LogP contribution is -2.32. The van der Waals surface area contributed by atoms with Crippen molar-refractivity contribution in [2.45, 2.75) is 24.9 Å². The fourth-order valence-electron chi connectivity index (χ4n) is 1.99. The first kappa shape index (κ1) is 10.6.